The van der Waals surface area contributed by atoms with Crippen molar-refractivity contribution in [2.24, 2.45) is 0 Å². The maximum absolute atomic E-state index is 13.0. The highest BCUT2D eigenvalue weighted by Gasteiger charge is 2.13. The minimum Gasteiger partial charge on any atom is -0.288 e. The number of carbonyl (C=O) groups is 1. The second-order valence-electron chi connectivity index (χ2n) is 6.65. The molecule has 4 aromatic rings. The van der Waals surface area contributed by atoms with Gasteiger partial charge in [-0.15, -0.1) is 5.10 Å². The first-order valence-electron chi connectivity index (χ1n) is 8.96. The predicted molar refractivity (Wildman–Crippen MR) is 103 cm³/mol. The monoisotopic (exact) mass is 394 g/mol. The van der Waals surface area contributed by atoms with Crippen molar-refractivity contribution >= 4 is 11.9 Å². The predicted octanol–water partition coefficient (Wildman–Crippen LogP) is 2.23. The van der Waals surface area contributed by atoms with Gasteiger partial charge >= 0.3 is 0 Å². The Morgan fingerprint density at radius 2 is 1.86 bits per heavy atom. The molecule has 0 unspecified atom stereocenters. The number of aryl methyl sites for hydroxylation is 2. The van der Waals surface area contributed by atoms with Crippen LogP contribution in [0, 0.1) is 19.7 Å². The van der Waals surface area contributed by atoms with E-state index in [2.05, 4.69) is 25.6 Å². The summed E-state index contributed by atoms with van der Waals surface area (Å²) in [4.78, 5) is 16.5. The first-order valence-corrected chi connectivity index (χ1v) is 8.96. The normalized spacial score (nSPS) is 11.0. The van der Waals surface area contributed by atoms with Gasteiger partial charge in [0.15, 0.2) is 5.69 Å². The lowest BCUT2D eigenvalue weighted by Crippen LogP contribution is -2.16. The molecule has 0 aliphatic rings. The van der Waals surface area contributed by atoms with Gasteiger partial charge in [-0.1, -0.05) is 12.1 Å². The van der Waals surface area contributed by atoms with Crippen molar-refractivity contribution in [3.63, 3.8) is 0 Å². The Labute approximate surface area is 165 Å². The van der Waals surface area contributed by atoms with Crippen molar-refractivity contribution in [1.82, 2.24) is 34.3 Å². The zero-order chi connectivity index (χ0) is 20.4. The Morgan fingerprint density at radius 3 is 2.59 bits per heavy atom. The van der Waals surface area contributed by atoms with Crippen molar-refractivity contribution in [1.29, 1.82) is 0 Å². The van der Waals surface area contributed by atoms with Crippen LogP contribution in [-0.2, 0) is 13.2 Å². The standard InChI is InChI=1S/C19H19FN8O/c1-13-9-14(2)28(23-13)12-26-8-7-17(24-26)18(29)22-19-21-11-27(25-19)10-15-3-5-16(20)6-4-15/h3-9,11H,10,12H2,1-2H3,(H,22,25,29). The molecule has 1 amide bonds. The SMILES string of the molecule is Cc1cc(C)n(Cn2ccc(C(=O)Nc3ncn(Cc4ccc(F)cc4)n3)n2)n1. The highest BCUT2D eigenvalue weighted by molar-refractivity contribution is 6.01. The summed E-state index contributed by atoms with van der Waals surface area (Å²) < 4.78 is 18.0. The number of hydrogen-bond acceptors (Lipinski definition) is 5. The van der Waals surface area contributed by atoms with Gasteiger partial charge in [0, 0.05) is 11.9 Å². The Kier molecular flexibility index (Phi) is 4.90. The van der Waals surface area contributed by atoms with E-state index in [4.69, 9.17) is 0 Å². The molecule has 1 N–H and O–H groups in total. The second kappa shape index (κ2) is 7.66. The zero-order valence-electron chi connectivity index (χ0n) is 15.9. The molecule has 4 rings (SSSR count). The fourth-order valence-corrected chi connectivity index (χ4v) is 2.89. The molecule has 3 heterocycles. The van der Waals surface area contributed by atoms with Crippen LogP contribution in [-0.4, -0.2) is 40.2 Å². The van der Waals surface area contributed by atoms with Crippen LogP contribution in [0.3, 0.4) is 0 Å². The number of anilines is 1. The van der Waals surface area contributed by atoms with Crippen molar-refractivity contribution < 1.29 is 9.18 Å². The van der Waals surface area contributed by atoms with E-state index in [0.29, 0.717) is 13.2 Å². The molecule has 0 radical (unpaired) electrons. The summed E-state index contributed by atoms with van der Waals surface area (Å²) in [6.07, 6.45) is 3.21. The summed E-state index contributed by atoms with van der Waals surface area (Å²) in [6, 6.07) is 9.71. The fraction of sp³-hybridized carbons (Fsp3) is 0.211. The Balaban J connectivity index is 1.38. The second-order valence-corrected chi connectivity index (χ2v) is 6.65. The summed E-state index contributed by atoms with van der Waals surface area (Å²) in [5.74, 6) is -0.528. The van der Waals surface area contributed by atoms with E-state index in [9.17, 15) is 9.18 Å². The van der Waals surface area contributed by atoms with E-state index in [-0.39, 0.29) is 17.5 Å². The van der Waals surface area contributed by atoms with Crippen LogP contribution in [0.1, 0.15) is 27.4 Å². The van der Waals surface area contributed by atoms with E-state index in [1.54, 1.807) is 33.8 Å². The zero-order valence-corrected chi connectivity index (χ0v) is 15.9. The van der Waals surface area contributed by atoms with Gasteiger partial charge in [-0.3, -0.25) is 14.8 Å². The number of amides is 1. The summed E-state index contributed by atoms with van der Waals surface area (Å²) in [5, 5.41) is 15.5. The number of benzene rings is 1. The molecule has 0 aliphatic carbocycles. The van der Waals surface area contributed by atoms with Crippen LogP contribution < -0.4 is 5.32 Å². The number of hydrogen-bond donors (Lipinski definition) is 1. The first kappa shape index (κ1) is 18.5. The molecule has 0 aliphatic heterocycles. The van der Waals surface area contributed by atoms with Gasteiger partial charge in [0.1, 0.15) is 18.8 Å². The molecule has 3 aromatic heterocycles. The third-order valence-corrected chi connectivity index (χ3v) is 4.28. The third-order valence-electron chi connectivity index (χ3n) is 4.28. The van der Waals surface area contributed by atoms with E-state index >= 15 is 0 Å². The summed E-state index contributed by atoms with van der Waals surface area (Å²) in [6.45, 7) is 4.72. The van der Waals surface area contributed by atoms with E-state index in [0.717, 1.165) is 17.0 Å². The summed E-state index contributed by atoms with van der Waals surface area (Å²) >= 11 is 0. The summed E-state index contributed by atoms with van der Waals surface area (Å²) in [7, 11) is 0. The van der Waals surface area contributed by atoms with Gasteiger partial charge in [-0.2, -0.15) is 10.2 Å². The molecule has 0 atom stereocenters. The van der Waals surface area contributed by atoms with Crippen LogP contribution in [0.5, 0.6) is 0 Å². The first-order chi connectivity index (χ1) is 14.0. The fourth-order valence-electron chi connectivity index (χ4n) is 2.89. The van der Waals surface area contributed by atoms with Crippen molar-refractivity contribution in [3.8, 4) is 0 Å². The van der Waals surface area contributed by atoms with Crippen LogP contribution in [0.15, 0.2) is 48.9 Å². The van der Waals surface area contributed by atoms with Gasteiger partial charge < -0.3 is 0 Å². The average molecular weight is 394 g/mol. The minimum absolute atomic E-state index is 0.171. The van der Waals surface area contributed by atoms with Gasteiger partial charge in [-0.25, -0.2) is 18.7 Å². The molecule has 9 nitrogen and oxygen atoms in total. The van der Waals surface area contributed by atoms with Crippen LogP contribution in [0.25, 0.3) is 0 Å². The molecular weight excluding hydrogens is 375 g/mol. The van der Waals surface area contributed by atoms with Crippen LogP contribution in [0.4, 0.5) is 10.3 Å². The lowest BCUT2D eigenvalue weighted by atomic mass is 10.2. The topological polar surface area (TPSA) is 95.5 Å². The van der Waals surface area contributed by atoms with Gasteiger partial charge in [0.25, 0.3) is 5.91 Å². The number of nitrogens with one attached hydrogen (secondary N) is 1. The molecule has 10 heteroatoms. The van der Waals surface area contributed by atoms with Gasteiger partial charge in [0.2, 0.25) is 5.95 Å². The van der Waals surface area contributed by atoms with Crippen LogP contribution in [0.2, 0.25) is 0 Å². The Morgan fingerprint density at radius 1 is 1.07 bits per heavy atom. The van der Waals surface area contributed by atoms with E-state index < -0.39 is 5.91 Å². The largest absolute Gasteiger partial charge is 0.288 e. The third kappa shape index (κ3) is 4.37. The molecular formula is C19H19FN8O. The maximum Gasteiger partial charge on any atom is 0.278 e. The summed E-state index contributed by atoms with van der Waals surface area (Å²) in [5.41, 5.74) is 3.06. The minimum atomic E-state index is -0.406. The molecule has 148 valence electrons. The highest BCUT2D eigenvalue weighted by Crippen LogP contribution is 2.07. The molecule has 0 bridgehead atoms. The Hall–Kier alpha value is -3.82. The van der Waals surface area contributed by atoms with Crippen molar-refractivity contribution in [3.05, 3.63) is 77.4 Å². The molecule has 0 saturated heterocycles. The maximum atomic E-state index is 13.0. The number of nitrogens with zero attached hydrogens (tertiary/aromatic N) is 7. The number of rotatable bonds is 6. The van der Waals surface area contributed by atoms with E-state index in [1.807, 2.05) is 24.6 Å². The molecule has 29 heavy (non-hydrogen) atoms. The Bertz CT molecular complexity index is 1140. The van der Waals surface area contributed by atoms with Crippen molar-refractivity contribution in [2.45, 2.75) is 27.1 Å². The van der Waals surface area contributed by atoms with Crippen molar-refractivity contribution in [2.75, 3.05) is 5.32 Å². The van der Waals surface area contributed by atoms with Crippen LogP contribution >= 0.6 is 0 Å². The average Bonchev–Trinajstić information content (AvgIpc) is 3.39. The number of carbonyl (C=O) groups excluding carboxylic acids is 1. The van der Waals surface area contributed by atoms with Gasteiger partial charge in [0.05, 0.1) is 12.2 Å². The van der Waals surface area contributed by atoms with Gasteiger partial charge in [-0.05, 0) is 43.7 Å². The highest BCUT2D eigenvalue weighted by atomic mass is 19.1. The molecule has 1 aromatic carbocycles. The smallest absolute Gasteiger partial charge is 0.278 e. The number of halogens is 1. The van der Waals surface area contributed by atoms with E-state index in [1.165, 1.54) is 18.5 Å². The molecule has 0 fully saturated rings. The number of aromatic nitrogens is 7. The lowest BCUT2D eigenvalue weighted by molar-refractivity contribution is 0.102. The molecule has 0 saturated carbocycles. The lowest BCUT2D eigenvalue weighted by Gasteiger charge is -2.04. The quantitative estimate of drug-likeness (QED) is 0.541. The molecule has 0 spiro atoms.